The number of nitriles is 1. The molecule has 0 fully saturated rings. The Hall–Kier alpha value is -3.92. The van der Waals surface area contributed by atoms with Crippen molar-refractivity contribution in [1.82, 2.24) is 4.98 Å². The lowest BCUT2D eigenvalue weighted by Gasteiger charge is -2.09. The summed E-state index contributed by atoms with van der Waals surface area (Å²) >= 11 is 0. The summed E-state index contributed by atoms with van der Waals surface area (Å²) in [5.41, 5.74) is 2.22. The first-order valence-corrected chi connectivity index (χ1v) is 9.34. The fourth-order valence-corrected chi connectivity index (χ4v) is 2.87. The minimum atomic E-state index is 0.215. The highest BCUT2D eigenvalue weighted by Gasteiger charge is 2.11. The normalized spacial score (nSPS) is 10.6. The lowest BCUT2D eigenvalue weighted by atomic mass is 10.1. The van der Waals surface area contributed by atoms with Gasteiger partial charge in [0, 0.05) is 12.6 Å². The second-order valence-corrected chi connectivity index (χ2v) is 6.32. The number of hydrogen-bond acceptors (Lipinski definition) is 7. The molecule has 7 nitrogen and oxygen atoms in total. The molecular formula is C23H23N3O4. The Labute approximate surface area is 175 Å². The molecule has 0 saturated carbocycles. The van der Waals surface area contributed by atoms with Crippen LogP contribution in [0.25, 0.3) is 12.2 Å². The Morgan fingerprint density at radius 2 is 1.87 bits per heavy atom. The molecule has 154 valence electrons. The van der Waals surface area contributed by atoms with E-state index in [2.05, 4.69) is 16.4 Å². The third-order valence-corrected chi connectivity index (χ3v) is 4.41. The number of methoxy groups -OCH3 is 3. The van der Waals surface area contributed by atoms with Gasteiger partial charge in [-0.1, -0.05) is 18.2 Å². The van der Waals surface area contributed by atoms with Crippen LogP contribution in [-0.2, 0) is 6.42 Å². The van der Waals surface area contributed by atoms with Gasteiger partial charge in [-0.15, -0.1) is 0 Å². The molecule has 2 aromatic carbocycles. The van der Waals surface area contributed by atoms with Crippen molar-refractivity contribution in [2.75, 3.05) is 33.2 Å². The zero-order chi connectivity index (χ0) is 21.3. The molecule has 0 aliphatic carbocycles. The second kappa shape index (κ2) is 10.0. The zero-order valence-electron chi connectivity index (χ0n) is 17.1. The number of hydrogen-bond donors (Lipinski definition) is 1. The van der Waals surface area contributed by atoms with E-state index in [-0.39, 0.29) is 5.69 Å². The number of benzene rings is 2. The van der Waals surface area contributed by atoms with Crippen LogP contribution in [0.3, 0.4) is 0 Å². The molecule has 0 unspecified atom stereocenters. The average Bonchev–Trinajstić information content (AvgIpc) is 3.19. The van der Waals surface area contributed by atoms with Crippen molar-refractivity contribution in [2.45, 2.75) is 6.42 Å². The maximum atomic E-state index is 9.34. The van der Waals surface area contributed by atoms with Gasteiger partial charge in [-0.2, -0.15) is 10.2 Å². The third kappa shape index (κ3) is 5.11. The minimum Gasteiger partial charge on any atom is -0.497 e. The average molecular weight is 405 g/mol. The smallest absolute Gasteiger partial charge is 0.232 e. The molecule has 3 rings (SSSR count). The molecular weight excluding hydrogens is 382 g/mol. The van der Waals surface area contributed by atoms with Crippen LogP contribution in [0.4, 0.5) is 5.88 Å². The predicted molar refractivity (Wildman–Crippen MR) is 115 cm³/mol. The second-order valence-electron chi connectivity index (χ2n) is 6.32. The number of nitrogens with one attached hydrogen (secondary N) is 1. The number of ether oxygens (including phenoxy) is 3. The Bertz CT molecular complexity index is 1070. The van der Waals surface area contributed by atoms with Gasteiger partial charge in [0.2, 0.25) is 17.5 Å². The molecule has 30 heavy (non-hydrogen) atoms. The summed E-state index contributed by atoms with van der Waals surface area (Å²) in [6.45, 7) is 0.568. The lowest BCUT2D eigenvalue weighted by molar-refractivity contribution is 0.354. The van der Waals surface area contributed by atoms with Crippen molar-refractivity contribution in [3.63, 3.8) is 0 Å². The molecule has 0 bridgehead atoms. The molecule has 0 amide bonds. The van der Waals surface area contributed by atoms with Gasteiger partial charge in [-0.25, -0.2) is 0 Å². The van der Waals surface area contributed by atoms with Gasteiger partial charge in [0.25, 0.3) is 0 Å². The Morgan fingerprint density at radius 3 is 2.60 bits per heavy atom. The number of nitrogens with zero attached hydrogens (tertiary/aromatic N) is 2. The van der Waals surface area contributed by atoms with E-state index in [0.29, 0.717) is 36.2 Å². The van der Waals surface area contributed by atoms with Crippen LogP contribution in [0.1, 0.15) is 22.7 Å². The molecule has 0 spiro atoms. The van der Waals surface area contributed by atoms with Crippen molar-refractivity contribution in [3.8, 4) is 23.3 Å². The molecule has 3 aromatic rings. The molecule has 0 aliphatic heterocycles. The van der Waals surface area contributed by atoms with Gasteiger partial charge in [0.05, 0.1) is 21.3 Å². The molecule has 7 heteroatoms. The standard InChI is InChI=1S/C23H23N3O4/c1-27-18-6-4-5-16(13-18)8-10-22-26-19(15-24)23(30-22)25-12-11-17-7-9-20(28-2)21(14-17)29-3/h4-10,13-14,25H,11-12H2,1-3H3/b10-8+. The Kier molecular flexibility index (Phi) is 6.95. The molecule has 1 aromatic heterocycles. The van der Waals surface area contributed by atoms with Crippen LogP contribution in [0, 0.1) is 11.3 Å². The monoisotopic (exact) mass is 405 g/mol. The number of anilines is 1. The van der Waals surface area contributed by atoms with E-state index in [1.807, 2.05) is 48.5 Å². The summed E-state index contributed by atoms with van der Waals surface area (Å²) in [6.07, 6.45) is 4.28. The highest BCUT2D eigenvalue weighted by Crippen LogP contribution is 2.28. The summed E-state index contributed by atoms with van der Waals surface area (Å²) in [6, 6.07) is 15.4. The number of oxazole rings is 1. The van der Waals surface area contributed by atoms with Crippen LogP contribution in [0.2, 0.25) is 0 Å². The van der Waals surface area contributed by atoms with Gasteiger partial charge >= 0.3 is 0 Å². The highest BCUT2D eigenvalue weighted by molar-refractivity contribution is 5.67. The minimum absolute atomic E-state index is 0.215. The summed E-state index contributed by atoms with van der Waals surface area (Å²) in [5, 5.41) is 12.5. The first-order valence-electron chi connectivity index (χ1n) is 9.34. The van der Waals surface area contributed by atoms with Gasteiger partial charge in [0.15, 0.2) is 11.5 Å². The Balaban J connectivity index is 1.65. The number of aromatic nitrogens is 1. The van der Waals surface area contributed by atoms with E-state index < -0.39 is 0 Å². The van der Waals surface area contributed by atoms with Crippen molar-refractivity contribution in [2.24, 2.45) is 0 Å². The van der Waals surface area contributed by atoms with Crippen molar-refractivity contribution < 1.29 is 18.6 Å². The van der Waals surface area contributed by atoms with E-state index >= 15 is 0 Å². The fraction of sp³-hybridized carbons (Fsp3) is 0.217. The molecule has 0 aliphatic rings. The zero-order valence-corrected chi connectivity index (χ0v) is 17.1. The maximum Gasteiger partial charge on any atom is 0.232 e. The van der Waals surface area contributed by atoms with Gasteiger partial charge in [0.1, 0.15) is 11.8 Å². The largest absolute Gasteiger partial charge is 0.497 e. The molecule has 1 heterocycles. The predicted octanol–water partition coefficient (Wildman–Crippen LogP) is 4.40. The van der Waals surface area contributed by atoms with Gasteiger partial charge in [-0.05, 0) is 47.9 Å². The van der Waals surface area contributed by atoms with E-state index in [0.717, 1.165) is 16.9 Å². The van der Waals surface area contributed by atoms with E-state index in [1.165, 1.54) is 0 Å². The quantitative estimate of drug-likeness (QED) is 0.564. The van der Waals surface area contributed by atoms with Crippen molar-refractivity contribution >= 4 is 18.0 Å². The summed E-state index contributed by atoms with van der Waals surface area (Å²) in [5.74, 6) is 2.83. The van der Waals surface area contributed by atoms with E-state index in [9.17, 15) is 5.26 Å². The summed E-state index contributed by atoms with van der Waals surface area (Å²) in [4.78, 5) is 4.22. The van der Waals surface area contributed by atoms with Crippen LogP contribution < -0.4 is 19.5 Å². The molecule has 0 atom stereocenters. The van der Waals surface area contributed by atoms with Gasteiger partial charge < -0.3 is 23.9 Å². The van der Waals surface area contributed by atoms with Crippen molar-refractivity contribution in [1.29, 1.82) is 5.26 Å². The number of rotatable bonds is 9. The van der Waals surface area contributed by atoms with E-state index in [1.54, 1.807) is 27.4 Å². The first kappa shape index (κ1) is 20.8. The fourth-order valence-electron chi connectivity index (χ4n) is 2.87. The van der Waals surface area contributed by atoms with Crippen LogP contribution >= 0.6 is 0 Å². The van der Waals surface area contributed by atoms with Crippen LogP contribution in [-0.4, -0.2) is 32.9 Å². The van der Waals surface area contributed by atoms with E-state index in [4.69, 9.17) is 18.6 Å². The lowest BCUT2D eigenvalue weighted by Crippen LogP contribution is -2.05. The van der Waals surface area contributed by atoms with Gasteiger partial charge in [-0.3, -0.25) is 0 Å². The summed E-state index contributed by atoms with van der Waals surface area (Å²) in [7, 11) is 4.83. The van der Waals surface area contributed by atoms with Crippen LogP contribution in [0.15, 0.2) is 46.9 Å². The summed E-state index contributed by atoms with van der Waals surface area (Å²) < 4.78 is 21.5. The SMILES string of the molecule is COc1cccc(/C=C/c2nc(C#N)c(NCCc3ccc(OC)c(OC)c3)o2)c1. The highest BCUT2D eigenvalue weighted by atomic mass is 16.5. The molecule has 0 radical (unpaired) electrons. The van der Waals surface area contributed by atoms with Crippen LogP contribution in [0.5, 0.6) is 17.2 Å². The first-order chi connectivity index (χ1) is 14.7. The molecule has 0 saturated heterocycles. The van der Waals surface area contributed by atoms with Crippen molar-refractivity contribution in [3.05, 3.63) is 65.2 Å². The third-order valence-electron chi connectivity index (χ3n) is 4.41. The Morgan fingerprint density at radius 1 is 1.03 bits per heavy atom. The maximum absolute atomic E-state index is 9.34. The topological polar surface area (TPSA) is 89.5 Å². The molecule has 1 N–H and O–H groups in total.